The standard InChI is InChI=1S/C22H15FN6O2S/c23-17-7-9-18(10-8-17)29-21(19-2-1-11-31-19)27-28-22(29)32-14-20(30)26-25-13-16-5-3-15(12-24)4-6-16/h1-11,13H,14H2,(H,26,30)/b25-13+. The molecule has 158 valence electrons. The van der Waals surface area contributed by atoms with Crippen LogP contribution < -0.4 is 5.43 Å². The van der Waals surface area contributed by atoms with Crippen molar-refractivity contribution in [2.75, 3.05) is 5.75 Å². The molecule has 0 aliphatic carbocycles. The van der Waals surface area contributed by atoms with E-state index in [4.69, 9.17) is 9.68 Å². The summed E-state index contributed by atoms with van der Waals surface area (Å²) < 4.78 is 20.5. The summed E-state index contributed by atoms with van der Waals surface area (Å²) in [5.41, 5.74) is 4.37. The SMILES string of the molecule is N#Cc1ccc(/C=N/NC(=O)CSc2nnc(-c3ccco3)n2-c2ccc(F)cc2)cc1. The lowest BCUT2D eigenvalue weighted by Crippen LogP contribution is -2.20. The molecule has 4 aromatic rings. The van der Waals surface area contributed by atoms with Crippen LogP contribution in [0.4, 0.5) is 4.39 Å². The van der Waals surface area contributed by atoms with Gasteiger partial charge >= 0.3 is 0 Å². The molecule has 10 heteroatoms. The number of furan rings is 1. The van der Waals surface area contributed by atoms with Crippen LogP contribution in [0.3, 0.4) is 0 Å². The lowest BCUT2D eigenvalue weighted by molar-refractivity contribution is -0.118. The number of rotatable bonds is 7. The summed E-state index contributed by atoms with van der Waals surface area (Å²) in [5, 5.41) is 21.5. The number of amides is 1. The van der Waals surface area contributed by atoms with E-state index in [1.807, 2.05) is 6.07 Å². The van der Waals surface area contributed by atoms with Crippen molar-refractivity contribution in [3.05, 3.63) is 83.9 Å². The molecule has 0 spiro atoms. The highest BCUT2D eigenvalue weighted by atomic mass is 32.2. The number of nitrogens with one attached hydrogen (secondary N) is 1. The van der Waals surface area contributed by atoms with Gasteiger partial charge in [-0.15, -0.1) is 10.2 Å². The molecule has 0 saturated carbocycles. The first-order valence-corrected chi connectivity index (χ1v) is 10.3. The van der Waals surface area contributed by atoms with E-state index in [0.29, 0.717) is 28.0 Å². The zero-order chi connectivity index (χ0) is 22.3. The number of nitrogens with zero attached hydrogens (tertiary/aromatic N) is 5. The number of hydrogen-bond acceptors (Lipinski definition) is 7. The molecule has 32 heavy (non-hydrogen) atoms. The van der Waals surface area contributed by atoms with Crippen LogP contribution >= 0.6 is 11.8 Å². The first kappa shape index (κ1) is 21.0. The average molecular weight is 446 g/mol. The molecule has 8 nitrogen and oxygen atoms in total. The van der Waals surface area contributed by atoms with Crippen LogP contribution in [-0.4, -0.2) is 32.6 Å². The van der Waals surface area contributed by atoms with Crippen molar-refractivity contribution in [2.24, 2.45) is 5.10 Å². The monoisotopic (exact) mass is 446 g/mol. The average Bonchev–Trinajstić information content (AvgIpc) is 3.49. The van der Waals surface area contributed by atoms with Gasteiger partial charge in [-0.3, -0.25) is 9.36 Å². The zero-order valence-corrected chi connectivity index (χ0v) is 17.3. The molecule has 2 aromatic heterocycles. The Labute approximate surface area is 186 Å². The summed E-state index contributed by atoms with van der Waals surface area (Å²) in [6, 6.07) is 18.1. The van der Waals surface area contributed by atoms with Crippen LogP contribution in [0.15, 0.2) is 81.6 Å². The molecule has 0 atom stereocenters. The molecule has 2 heterocycles. The van der Waals surface area contributed by atoms with Crippen molar-refractivity contribution in [2.45, 2.75) is 5.16 Å². The van der Waals surface area contributed by atoms with E-state index >= 15 is 0 Å². The Hall–Kier alpha value is -4.23. The van der Waals surface area contributed by atoms with Crippen LogP contribution in [0.1, 0.15) is 11.1 Å². The molecule has 0 unspecified atom stereocenters. The predicted octanol–water partition coefficient (Wildman–Crippen LogP) is 3.78. The van der Waals surface area contributed by atoms with Crippen molar-refractivity contribution in [1.29, 1.82) is 5.26 Å². The van der Waals surface area contributed by atoms with Gasteiger partial charge in [-0.2, -0.15) is 10.4 Å². The fraction of sp³-hybridized carbons (Fsp3) is 0.0455. The first-order chi connectivity index (χ1) is 15.6. The summed E-state index contributed by atoms with van der Waals surface area (Å²) in [7, 11) is 0. The van der Waals surface area contributed by atoms with Crippen LogP contribution in [0.5, 0.6) is 0 Å². The third kappa shape index (κ3) is 4.91. The molecule has 0 radical (unpaired) electrons. The fourth-order valence-electron chi connectivity index (χ4n) is 2.74. The number of thioether (sulfide) groups is 1. The molecule has 1 amide bonds. The summed E-state index contributed by atoms with van der Waals surface area (Å²) in [4.78, 5) is 12.2. The van der Waals surface area contributed by atoms with Gasteiger partial charge in [0.1, 0.15) is 5.82 Å². The predicted molar refractivity (Wildman–Crippen MR) is 117 cm³/mol. The largest absolute Gasteiger partial charge is 0.461 e. The lowest BCUT2D eigenvalue weighted by Gasteiger charge is -2.09. The molecule has 0 aliphatic heterocycles. The van der Waals surface area contributed by atoms with E-state index in [-0.39, 0.29) is 17.5 Å². The van der Waals surface area contributed by atoms with Gasteiger partial charge in [0.25, 0.3) is 5.91 Å². The third-order valence-corrected chi connectivity index (χ3v) is 5.16. The molecule has 1 N–H and O–H groups in total. The fourth-order valence-corrected chi connectivity index (χ4v) is 3.48. The summed E-state index contributed by atoms with van der Waals surface area (Å²) >= 11 is 1.16. The second-order valence-electron chi connectivity index (χ2n) is 6.41. The summed E-state index contributed by atoms with van der Waals surface area (Å²) in [6.45, 7) is 0. The first-order valence-electron chi connectivity index (χ1n) is 9.34. The van der Waals surface area contributed by atoms with Crippen molar-refractivity contribution in [3.8, 4) is 23.3 Å². The van der Waals surface area contributed by atoms with E-state index < -0.39 is 0 Å². The van der Waals surface area contributed by atoms with E-state index in [2.05, 4.69) is 20.7 Å². The van der Waals surface area contributed by atoms with E-state index in [0.717, 1.165) is 17.3 Å². The smallest absolute Gasteiger partial charge is 0.250 e. The Morgan fingerprint density at radius 1 is 1.19 bits per heavy atom. The van der Waals surface area contributed by atoms with Crippen LogP contribution in [-0.2, 0) is 4.79 Å². The zero-order valence-electron chi connectivity index (χ0n) is 16.5. The number of carbonyl (C=O) groups is 1. The molecule has 0 fully saturated rings. The minimum atomic E-state index is -0.366. The Kier molecular flexibility index (Phi) is 6.38. The number of hydrazone groups is 1. The third-order valence-electron chi connectivity index (χ3n) is 4.23. The highest BCUT2D eigenvalue weighted by Crippen LogP contribution is 2.28. The molecule has 0 bridgehead atoms. The highest BCUT2D eigenvalue weighted by Gasteiger charge is 2.19. The topological polar surface area (TPSA) is 109 Å². The minimum absolute atomic E-state index is 0.0300. The van der Waals surface area contributed by atoms with Gasteiger partial charge in [0.15, 0.2) is 10.9 Å². The molecular weight excluding hydrogens is 431 g/mol. The molecule has 0 saturated heterocycles. The Morgan fingerprint density at radius 2 is 1.97 bits per heavy atom. The van der Waals surface area contributed by atoms with Gasteiger partial charge in [0, 0.05) is 0 Å². The summed E-state index contributed by atoms with van der Waals surface area (Å²) in [6.07, 6.45) is 3.00. The van der Waals surface area contributed by atoms with E-state index in [1.54, 1.807) is 53.1 Å². The number of aromatic nitrogens is 3. The Morgan fingerprint density at radius 3 is 2.66 bits per heavy atom. The number of nitriles is 1. The second-order valence-corrected chi connectivity index (χ2v) is 7.35. The number of hydrogen-bond donors (Lipinski definition) is 1. The van der Waals surface area contributed by atoms with Gasteiger partial charge in [-0.25, -0.2) is 9.82 Å². The highest BCUT2D eigenvalue weighted by molar-refractivity contribution is 7.99. The Balaban J connectivity index is 1.45. The van der Waals surface area contributed by atoms with Gasteiger partial charge in [0.05, 0.1) is 35.6 Å². The summed E-state index contributed by atoms with van der Waals surface area (Å²) in [5.74, 6) is 0.249. The Bertz CT molecular complexity index is 1280. The van der Waals surface area contributed by atoms with Gasteiger partial charge in [-0.1, -0.05) is 23.9 Å². The number of halogens is 1. The normalized spacial score (nSPS) is 10.9. The van der Waals surface area contributed by atoms with Crippen molar-refractivity contribution < 1.29 is 13.6 Å². The molecular formula is C22H15FN6O2S. The molecule has 0 aliphatic rings. The van der Waals surface area contributed by atoms with E-state index in [1.165, 1.54) is 24.6 Å². The van der Waals surface area contributed by atoms with Crippen LogP contribution in [0.25, 0.3) is 17.3 Å². The maximum absolute atomic E-state index is 13.4. The second kappa shape index (κ2) is 9.72. The van der Waals surface area contributed by atoms with Crippen molar-refractivity contribution in [1.82, 2.24) is 20.2 Å². The van der Waals surface area contributed by atoms with Crippen molar-refractivity contribution >= 4 is 23.9 Å². The van der Waals surface area contributed by atoms with Gasteiger partial charge in [-0.05, 0) is 54.1 Å². The maximum Gasteiger partial charge on any atom is 0.250 e. The van der Waals surface area contributed by atoms with Crippen LogP contribution in [0, 0.1) is 17.1 Å². The molecule has 2 aromatic carbocycles. The number of carbonyl (C=O) groups excluding carboxylic acids is 1. The van der Waals surface area contributed by atoms with Gasteiger partial charge < -0.3 is 4.42 Å². The van der Waals surface area contributed by atoms with Crippen LogP contribution in [0.2, 0.25) is 0 Å². The molecule has 4 rings (SSSR count). The van der Waals surface area contributed by atoms with E-state index in [9.17, 15) is 9.18 Å². The number of benzene rings is 2. The van der Waals surface area contributed by atoms with Gasteiger partial charge in [0.2, 0.25) is 5.82 Å². The van der Waals surface area contributed by atoms with Crippen molar-refractivity contribution in [3.63, 3.8) is 0 Å². The maximum atomic E-state index is 13.4. The quantitative estimate of drug-likeness (QED) is 0.263. The minimum Gasteiger partial charge on any atom is -0.461 e. The lowest BCUT2D eigenvalue weighted by atomic mass is 10.2.